The second kappa shape index (κ2) is 7.34. The van der Waals surface area contributed by atoms with Crippen molar-refractivity contribution in [1.29, 1.82) is 0 Å². The van der Waals surface area contributed by atoms with Crippen LogP contribution >= 0.6 is 0 Å². The molecule has 1 aliphatic heterocycles. The van der Waals surface area contributed by atoms with E-state index in [4.69, 9.17) is 19.9 Å². The second-order valence-electron chi connectivity index (χ2n) is 6.18. The first-order valence-electron chi connectivity index (χ1n) is 8.85. The van der Waals surface area contributed by atoms with Crippen LogP contribution in [0.3, 0.4) is 0 Å². The average Bonchev–Trinajstić information content (AvgIpc) is 3.05. The minimum absolute atomic E-state index is 0.159. The van der Waals surface area contributed by atoms with Gasteiger partial charge >= 0.3 is 0 Å². The van der Waals surface area contributed by atoms with Gasteiger partial charge in [-0.2, -0.15) is 0 Å². The lowest BCUT2D eigenvalue weighted by Gasteiger charge is -2.27. The van der Waals surface area contributed by atoms with Gasteiger partial charge in [-0.3, -0.25) is 0 Å². The van der Waals surface area contributed by atoms with Gasteiger partial charge in [0.2, 0.25) is 5.88 Å². The maximum absolute atomic E-state index is 9.84. The Labute approximate surface area is 156 Å². The molecule has 140 valence electrons. The number of morpholine rings is 1. The predicted molar refractivity (Wildman–Crippen MR) is 104 cm³/mol. The Bertz CT molecular complexity index is 992. The van der Waals surface area contributed by atoms with Crippen molar-refractivity contribution in [1.82, 2.24) is 9.97 Å². The quantitative estimate of drug-likeness (QED) is 0.682. The number of nitrogens with zero attached hydrogens (tertiary/aromatic N) is 4. The van der Waals surface area contributed by atoms with E-state index in [0.29, 0.717) is 54.9 Å². The smallest absolute Gasteiger partial charge is 0.226 e. The fourth-order valence-corrected chi connectivity index (χ4v) is 3.17. The lowest BCUT2D eigenvalue weighted by atomic mass is 10.2. The number of aromatic nitrogens is 2. The highest BCUT2D eigenvalue weighted by Crippen LogP contribution is 2.37. The fraction of sp³-hybridized carbons (Fsp3) is 0.316. The van der Waals surface area contributed by atoms with Crippen LogP contribution in [-0.4, -0.2) is 47.6 Å². The van der Waals surface area contributed by atoms with Crippen molar-refractivity contribution >= 4 is 29.0 Å². The summed E-state index contributed by atoms with van der Waals surface area (Å²) in [5, 5.41) is 9.84. The van der Waals surface area contributed by atoms with E-state index in [2.05, 4.69) is 14.9 Å². The van der Waals surface area contributed by atoms with Crippen LogP contribution < -0.4 is 10.6 Å². The first-order valence-corrected chi connectivity index (χ1v) is 8.85. The van der Waals surface area contributed by atoms with E-state index in [1.54, 1.807) is 24.4 Å². The Hall–Kier alpha value is -2.97. The number of rotatable bonds is 4. The molecule has 0 unspecified atom stereocenters. The second-order valence-corrected chi connectivity index (χ2v) is 6.18. The lowest BCUT2D eigenvalue weighted by Crippen LogP contribution is -2.37. The van der Waals surface area contributed by atoms with Gasteiger partial charge < -0.3 is 24.9 Å². The molecule has 27 heavy (non-hydrogen) atoms. The third-order valence-corrected chi connectivity index (χ3v) is 4.46. The highest BCUT2D eigenvalue weighted by Gasteiger charge is 2.24. The van der Waals surface area contributed by atoms with Gasteiger partial charge in [-0.05, 0) is 19.1 Å². The van der Waals surface area contributed by atoms with Crippen LogP contribution in [0.4, 0.5) is 11.7 Å². The third-order valence-electron chi connectivity index (χ3n) is 4.46. The van der Waals surface area contributed by atoms with Crippen molar-refractivity contribution in [3.05, 3.63) is 29.8 Å². The zero-order valence-corrected chi connectivity index (χ0v) is 15.1. The summed E-state index contributed by atoms with van der Waals surface area (Å²) in [6.07, 6.45) is 1.66. The van der Waals surface area contributed by atoms with Crippen LogP contribution in [-0.2, 0) is 11.3 Å². The average molecular weight is 367 g/mol. The maximum Gasteiger partial charge on any atom is 0.226 e. The van der Waals surface area contributed by atoms with Crippen molar-refractivity contribution in [2.45, 2.75) is 13.5 Å². The van der Waals surface area contributed by atoms with E-state index in [-0.39, 0.29) is 12.3 Å². The number of hydrogen-bond donors (Lipinski definition) is 2. The summed E-state index contributed by atoms with van der Waals surface area (Å²) in [6.45, 7) is 4.72. The molecule has 0 amide bonds. The van der Waals surface area contributed by atoms with Crippen molar-refractivity contribution < 1.29 is 14.3 Å². The number of fused-ring (bicyclic) bond motifs is 1. The minimum atomic E-state index is 0.159. The van der Waals surface area contributed by atoms with Crippen LogP contribution in [0.5, 0.6) is 5.75 Å². The third kappa shape index (κ3) is 3.24. The van der Waals surface area contributed by atoms with E-state index >= 15 is 0 Å². The number of aliphatic imine (C=N–C) groups is 1. The predicted octanol–water partition coefficient (Wildman–Crippen LogP) is 2.61. The molecule has 1 saturated heterocycles. The van der Waals surface area contributed by atoms with Crippen LogP contribution in [0.1, 0.15) is 12.5 Å². The Balaban J connectivity index is 1.97. The molecule has 0 saturated carbocycles. The molecule has 8 heteroatoms. The molecule has 0 bridgehead atoms. The molecule has 0 aliphatic carbocycles. The first kappa shape index (κ1) is 17.4. The molecule has 3 N–H and O–H groups in total. The molecule has 4 rings (SSSR count). The number of hydrogen-bond acceptors (Lipinski definition) is 8. The van der Waals surface area contributed by atoms with Gasteiger partial charge in [0.15, 0.2) is 17.2 Å². The largest absolute Gasteiger partial charge is 0.508 e. The Morgan fingerprint density at radius 1 is 1.30 bits per heavy atom. The van der Waals surface area contributed by atoms with Crippen LogP contribution in [0, 0.1) is 0 Å². The zero-order chi connectivity index (χ0) is 18.8. The molecule has 8 nitrogen and oxygen atoms in total. The maximum atomic E-state index is 9.84. The monoisotopic (exact) mass is 367 g/mol. The normalized spacial score (nSPS) is 15.1. The molecule has 1 fully saturated rings. The summed E-state index contributed by atoms with van der Waals surface area (Å²) in [7, 11) is 0. The van der Waals surface area contributed by atoms with Gasteiger partial charge in [0.1, 0.15) is 11.3 Å². The number of nitrogens with two attached hydrogens (primary N) is 1. The van der Waals surface area contributed by atoms with Gasteiger partial charge in [-0.15, -0.1) is 0 Å². The summed E-state index contributed by atoms with van der Waals surface area (Å²) in [4.78, 5) is 15.8. The molecule has 3 aromatic rings. The highest BCUT2D eigenvalue weighted by atomic mass is 16.5. The number of ether oxygens (including phenoxy) is 1. The van der Waals surface area contributed by atoms with E-state index in [9.17, 15) is 5.11 Å². The number of phenolic OH excluding ortho intramolecular Hbond substituents is 1. The molecule has 2 aromatic heterocycles. The minimum Gasteiger partial charge on any atom is -0.508 e. The summed E-state index contributed by atoms with van der Waals surface area (Å²) < 4.78 is 11.5. The van der Waals surface area contributed by atoms with Crippen LogP contribution in [0.15, 0.2) is 33.7 Å². The molecular weight excluding hydrogens is 346 g/mol. The van der Waals surface area contributed by atoms with Crippen LogP contribution in [0.25, 0.3) is 22.5 Å². The summed E-state index contributed by atoms with van der Waals surface area (Å²) in [5.74, 6) is 1.80. The fourth-order valence-electron chi connectivity index (χ4n) is 3.17. The molecule has 0 radical (unpaired) electrons. The lowest BCUT2D eigenvalue weighted by molar-refractivity contribution is 0.122. The summed E-state index contributed by atoms with van der Waals surface area (Å²) in [5.41, 5.74) is 8.64. The SMILES string of the molecule is CC=Nc1oc2c(N3CCOCC3)nc(-c3cccc(O)c3)nc2c1CN. The summed E-state index contributed by atoms with van der Waals surface area (Å²) >= 11 is 0. The number of aromatic hydroxyl groups is 1. The van der Waals surface area contributed by atoms with E-state index in [1.165, 1.54) is 0 Å². The van der Waals surface area contributed by atoms with Crippen molar-refractivity contribution in [3.8, 4) is 17.1 Å². The standard InChI is InChI=1S/C19H21N5O3/c1-2-21-19-14(11-20)15-16(27-19)18(24-6-8-26-9-7-24)23-17(22-15)12-4-3-5-13(25)10-12/h2-5,10,25H,6-9,11,20H2,1H3. The van der Waals surface area contributed by atoms with Crippen LogP contribution in [0.2, 0.25) is 0 Å². The Morgan fingerprint density at radius 3 is 2.81 bits per heavy atom. The van der Waals surface area contributed by atoms with Crippen molar-refractivity contribution in [2.75, 3.05) is 31.2 Å². The molecule has 1 aromatic carbocycles. The molecule has 3 heterocycles. The highest BCUT2D eigenvalue weighted by molar-refractivity contribution is 5.92. The topological polar surface area (TPSA) is 110 Å². The Morgan fingerprint density at radius 2 is 2.11 bits per heavy atom. The molecule has 0 atom stereocenters. The van der Waals surface area contributed by atoms with E-state index < -0.39 is 0 Å². The van der Waals surface area contributed by atoms with Crippen molar-refractivity contribution in [2.24, 2.45) is 10.7 Å². The Kier molecular flexibility index (Phi) is 4.74. The van der Waals surface area contributed by atoms with Gasteiger partial charge in [0.25, 0.3) is 0 Å². The van der Waals surface area contributed by atoms with Gasteiger partial charge in [-0.1, -0.05) is 12.1 Å². The number of anilines is 1. The number of furan rings is 1. The summed E-state index contributed by atoms with van der Waals surface area (Å²) in [6, 6.07) is 6.87. The number of phenols is 1. The van der Waals surface area contributed by atoms with Gasteiger partial charge in [0.05, 0.1) is 18.8 Å². The van der Waals surface area contributed by atoms with Gasteiger partial charge in [0, 0.05) is 31.4 Å². The molecule has 0 spiro atoms. The van der Waals surface area contributed by atoms with Crippen molar-refractivity contribution in [3.63, 3.8) is 0 Å². The molecular formula is C19H21N5O3. The zero-order valence-electron chi connectivity index (χ0n) is 15.1. The van der Waals surface area contributed by atoms with Gasteiger partial charge in [-0.25, -0.2) is 15.0 Å². The number of benzene rings is 1. The van der Waals surface area contributed by atoms with E-state index in [1.807, 2.05) is 13.0 Å². The molecule has 1 aliphatic rings. The van der Waals surface area contributed by atoms with E-state index in [0.717, 1.165) is 11.1 Å². The first-order chi connectivity index (χ1) is 13.2.